The van der Waals surface area contributed by atoms with Crippen molar-refractivity contribution in [1.82, 2.24) is 10.2 Å². The van der Waals surface area contributed by atoms with Gasteiger partial charge in [-0.3, -0.25) is 9.59 Å². The first kappa shape index (κ1) is 11.4. The molecular formula is C12H20N2O2. The van der Waals surface area contributed by atoms with Gasteiger partial charge in [0.25, 0.3) is 0 Å². The van der Waals surface area contributed by atoms with Crippen molar-refractivity contribution in [2.24, 2.45) is 17.8 Å². The standard InChI is InChI=1S/C12H20N2O2/c1-9-3-2-4-10-6-14(7-11(9)10)12(16)5-13-8-15/h8-11H,2-7H2,1H3,(H,13,15). The number of likely N-dealkylation sites (tertiary alicyclic amines) is 1. The average Bonchev–Trinajstić information content (AvgIpc) is 2.71. The Bertz CT molecular complexity index is 280. The highest BCUT2D eigenvalue weighted by molar-refractivity contribution is 5.80. The lowest BCUT2D eigenvalue weighted by Crippen LogP contribution is -2.36. The van der Waals surface area contributed by atoms with Crippen LogP contribution in [0.1, 0.15) is 26.2 Å². The maximum atomic E-state index is 11.8. The van der Waals surface area contributed by atoms with Crippen LogP contribution in [-0.2, 0) is 9.59 Å². The van der Waals surface area contributed by atoms with Crippen LogP contribution < -0.4 is 5.32 Å². The summed E-state index contributed by atoms with van der Waals surface area (Å²) < 4.78 is 0. The van der Waals surface area contributed by atoms with Gasteiger partial charge in [-0.05, 0) is 24.2 Å². The summed E-state index contributed by atoms with van der Waals surface area (Å²) in [5.41, 5.74) is 0. The SMILES string of the molecule is CC1CCCC2CN(C(=O)CNC=O)CC12. The molecule has 0 radical (unpaired) electrons. The summed E-state index contributed by atoms with van der Waals surface area (Å²) in [7, 11) is 0. The first-order chi connectivity index (χ1) is 7.72. The zero-order chi connectivity index (χ0) is 11.5. The molecule has 1 aliphatic carbocycles. The number of carbonyl (C=O) groups excluding carboxylic acids is 2. The maximum Gasteiger partial charge on any atom is 0.241 e. The van der Waals surface area contributed by atoms with Crippen molar-refractivity contribution in [2.75, 3.05) is 19.6 Å². The fourth-order valence-corrected chi connectivity index (χ4v) is 3.21. The molecular weight excluding hydrogens is 204 g/mol. The van der Waals surface area contributed by atoms with Gasteiger partial charge in [-0.25, -0.2) is 0 Å². The Labute approximate surface area is 96.4 Å². The quantitative estimate of drug-likeness (QED) is 0.715. The van der Waals surface area contributed by atoms with E-state index >= 15 is 0 Å². The molecule has 0 aromatic heterocycles. The van der Waals surface area contributed by atoms with E-state index in [1.165, 1.54) is 19.3 Å². The molecule has 2 fully saturated rings. The Kier molecular flexibility index (Phi) is 3.46. The highest BCUT2D eigenvalue weighted by atomic mass is 16.2. The predicted octanol–water partition coefficient (Wildman–Crippen LogP) is 0.627. The number of amides is 2. The number of carbonyl (C=O) groups is 2. The van der Waals surface area contributed by atoms with E-state index in [4.69, 9.17) is 0 Å². The molecule has 0 aromatic rings. The van der Waals surface area contributed by atoms with E-state index in [1.54, 1.807) is 0 Å². The van der Waals surface area contributed by atoms with Crippen LogP contribution in [0.2, 0.25) is 0 Å². The fourth-order valence-electron chi connectivity index (χ4n) is 3.21. The van der Waals surface area contributed by atoms with Crippen LogP contribution in [0.5, 0.6) is 0 Å². The number of hydrogen-bond donors (Lipinski definition) is 1. The number of fused-ring (bicyclic) bond motifs is 1. The molecule has 1 heterocycles. The summed E-state index contributed by atoms with van der Waals surface area (Å²) in [5, 5.41) is 2.45. The summed E-state index contributed by atoms with van der Waals surface area (Å²) in [6.07, 6.45) is 4.45. The van der Waals surface area contributed by atoms with Gasteiger partial charge in [-0.15, -0.1) is 0 Å². The van der Waals surface area contributed by atoms with Crippen molar-refractivity contribution in [3.63, 3.8) is 0 Å². The first-order valence-corrected chi connectivity index (χ1v) is 6.17. The second kappa shape index (κ2) is 4.85. The zero-order valence-corrected chi connectivity index (χ0v) is 9.82. The summed E-state index contributed by atoms with van der Waals surface area (Å²) in [5.74, 6) is 2.20. The molecule has 4 heteroatoms. The number of nitrogens with zero attached hydrogens (tertiary/aromatic N) is 1. The summed E-state index contributed by atoms with van der Waals surface area (Å²) in [6, 6.07) is 0. The van der Waals surface area contributed by atoms with Gasteiger partial charge in [0.15, 0.2) is 0 Å². The molecule has 3 unspecified atom stereocenters. The topological polar surface area (TPSA) is 49.4 Å². The van der Waals surface area contributed by atoms with E-state index in [-0.39, 0.29) is 12.5 Å². The second-order valence-corrected chi connectivity index (χ2v) is 5.13. The summed E-state index contributed by atoms with van der Waals surface area (Å²) in [4.78, 5) is 23.8. The van der Waals surface area contributed by atoms with Crippen molar-refractivity contribution >= 4 is 12.3 Å². The third-order valence-electron chi connectivity index (χ3n) is 4.15. The van der Waals surface area contributed by atoms with Crippen LogP contribution in [-0.4, -0.2) is 36.9 Å². The lowest BCUT2D eigenvalue weighted by molar-refractivity contribution is -0.130. The molecule has 1 saturated carbocycles. The van der Waals surface area contributed by atoms with Crippen molar-refractivity contribution in [3.8, 4) is 0 Å². The Morgan fingerprint density at radius 1 is 1.44 bits per heavy atom. The molecule has 2 amide bonds. The van der Waals surface area contributed by atoms with Crippen LogP contribution in [0.25, 0.3) is 0 Å². The molecule has 1 aliphatic heterocycles. The van der Waals surface area contributed by atoms with Crippen LogP contribution in [0, 0.1) is 17.8 Å². The van der Waals surface area contributed by atoms with Crippen molar-refractivity contribution < 1.29 is 9.59 Å². The van der Waals surface area contributed by atoms with Crippen LogP contribution in [0.3, 0.4) is 0 Å². The highest BCUT2D eigenvalue weighted by Gasteiger charge is 2.39. The minimum absolute atomic E-state index is 0.0636. The van der Waals surface area contributed by atoms with Gasteiger partial charge in [0, 0.05) is 13.1 Å². The zero-order valence-electron chi connectivity index (χ0n) is 9.82. The van der Waals surface area contributed by atoms with E-state index in [9.17, 15) is 9.59 Å². The van der Waals surface area contributed by atoms with Gasteiger partial charge in [0.2, 0.25) is 12.3 Å². The average molecular weight is 224 g/mol. The minimum Gasteiger partial charge on any atom is -0.350 e. The van der Waals surface area contributed by atoms with E-state index in [1.807, 2.05) is 4.90 Å². The normalized spacial score (nSPS) is 33.3. The van der Waals surface area contributed by atoms with Crippen molar-refractivity contribution in [3.05, 3.63) is 0 Å². The smallest absolute Gasteiger partial charge is 0.241 e. The lowest BCUT2D eigenvalue weighted by atomic mass is 9.75. The molecule has 0 bridgehead atoms. The van der Waals surface area contributed by atoms with Crippen LogP contribution in [0.4, 0.5) is 0 Å². The Morgan fingerprint density at radius 3 is 2.94 bits per heavy atom. The third kappa shape index (κ3) is 2.20. The number of nitrogens with one attached hydrogen (secondary N) is 1. The molecule has 16 heavy (non-hydrogen) atoms. The minimum atomic E-state index is 0.0636. The van der Waals surface area contributed by atoms with Gasteiger partial charge in [0.05, 0.1) is 6.54 Å². The van der Waals surface area contributed by atoms with Gasteiger partial charge in [-0.2, -0.15) is 0 Å². The highest BCUT2D eigenvalue weighted by Crippen LogP contribution is 2.39. The Morgan fingerprint density at radius 2 is 2.25 bits per heavy atom. The molecule has 1 N–H and O–H groups in total. The molecule has 90 valence electrons. The van der Waals surface area contributed by atoms with Crippen LogP contribution >= 0.6 is 0 Å². The number of rotatable bonds is 3. The maximum absolute atomic E-state index is 11.8. The molecule has 0 spiro atoms. The number of hydrogen-bond acceptors (Lipinski definition) is 2. The Balaban J connectivity index is 1.90. The third-order valence-corrected chi connectivity index (χ3v) is 4.15. The summed E-state index contributed by atoms with van der Waals surface area (Å²) >= 11 is 0. The van der Waals surface area contributed by atoms with E-state index in [2.05, 4.69) is 12.2 Å². The lowest BCUT2D eigenvalue weighted by Gasteiger charge is -2.29. The molecule has 4 nitrogen and oxygen atoms in total. The Hall–Kier alpha value is -1.06. The van der Waals surface area contributed by atoms with Crippen LogP contribution in [0.15, 0.2) is 0 Å². The fraction of sp³-hybridized carbons (Fsp3) is 0.833. The van der Waals surface area contributed by atoms with E-state index in [0.29, 0.717) is 18.2 Å². The van der Waals surface area contributed by atoms with E-state index < -0.39 is 0 Å². The van der Waals surface area contributed by atoms with Gasteiger partial charge in [-0.1, -0.05) is 19.8 Å². The predicted molar refractivity (Wildman–Crippen MR) is 60.6 cm³/mol. The second-order valence-electron chi connectivity index (χ2n) is 5.13. The monoisotopic (exact) mass is 224 g/mol. The van der Waals surface area contributed by atoms with Gasteiger partial charge < -0.3 is 10.2 Å². The summed E-state index contributed by atoms with van der Waals surface area (Å²) in [6.45, 7) is 4.24. The molecule has 2 rings (SSSR count). The van der Waals surface area contributed by atoms with Crippen molar-refractivity contribution in [1.29, 1.82) is 0 Å². The molecule has 1 saturated heterocycles. The first-order valence-electron chi connectivity index (χ1n) is 6.17. The largest absolute Gasteiger partial charge is 0.350 e. The molecule has 0 aromatic carbocycles. The van der Waals surface area contributed by atoms with E-state index in [0.717, 1.165) is 19.0 Å². The van der Waals surface area contributed by atoms with Gasteiger partial charge in [0.1, 0.15) is 0 Å². The van der Waals surface area contributed by atoms with Gasteiger partial charge >= 0.3 is 0 Å². The molecule has 2 aliphatic rings. The van der Waals surface area contributed by atoms with Crippen molar-refractivity contribution in [2.45, 2.75) is 26.2 Å². The molecule has 3 atom stereocenters.